The van der Waals surface area contributed by atoms with Crippen LogP contribution in [0.5, 0.6) is 5.75 Å². The molecule has 1 fully saturated rings. The molecule has 0 saturated carbocycles. The first kappa shape index (κ1) is 20.6. The van der Waals surface area contributed by atoms with Crippen LogP contribution in [0.4, 0.5) is 5.69 Å². The maximum Gasteiger partial charge on any atom is 0.265 e. The second-order valence-electron chi connectivity index (χ2n) is 7.15. The maximum atomic E-state index is 13.4. The van der Waals surface area contributed by atoms with E-state index in [0.717, 1.165) is 0 Å². The molecular weight excluding hydrogens is 382 g/mol. The summed E-state index contributed by atoms with van der Waals surface area (Å²) in [6, 6.07) is 2.37. The molecule has 8 nitrogen and oxygen atoms in total. The van der Waals surface area contributed by atoms with Crippen LogP contribution in [-0.4, -0.2) is 61.2 Å². The van der Waals surface area contributed by atoms with Crippen molar-refractivity contribution in [3.63, 3.8) is 0 Å². The SMILES string of the molecule is CCN(CC)C(=O)[C@H]1CCCN1S(=O)(=O)c1cc2c(cc1C)NC(=O)[C@H](C)O2. The molecule has 1 saturated heterocycles. The van der Waals surface area contributed by atoms with Gasteiger partial charge in [0.1, 0.15) is 11.8 Å². The molecule has 2 heterocycles. The third-order valence-corrected chi connectivity index (χ3v) is 7.41. The second-order valence-corrected chi connectivity index (χ2v) is 9.01. The van der Waals surface area contributed by atoms with Gasteiger partial charge in [-0.25, -0.2) is 8.42 Å². The number of hydrogen-bond donors (Lipinski definition) is 1. The van der Waals surface area contributed by atoms with Crippen molar-refractivity contribution in [2.45, 2.75) is 57.6 Å². The lowest BCUT2D eigenvalue weighted by atomic mass is 10.1. The van der Waals surface area contributed by atoms with E-state index in [1.165, 1.54) is 10.4 Å². The highest BCUT2D eigenvalue weighted by atomic mass is 32.2. The minimum Gasteiger partial charge on any atom is -0.479 e. The molecule has 0 spiro atoms. The van der Waals surface area contributed by atoms with Gasteiger partial charge in [-0.15, -0.1) is 0 Å². The molecule has 0 bridgehead atoms. The quantitative estimate of drug-likeness (QED) is 0.799. The molecule has 28 heavy (non-hydrogen) atoms. The first-order valence-corrected chi connectivity index (χ1v) is 11.1. The highest BCUT2D eigenvalue weighted by Crippen LogP contribution is 2.37. The number of nitrogens with one attached hydrogen (secondary N) is 1. The molecule has 0 unspecified atom stereocenters. The van der Waals surface area contributed by atoms with Crippen molar-refractivity contribution in [3.05, 3.63) is 17.7 Å². The van der Waals surface area contributed by atoms with Crippen LogP contribution in [0, 0.1) is 6.92 Å². The van der Waals surface area contributed by atoms with Gasteiger partial charge in [-0.2, -0.15) is 4.31 Å². The number of rotatable bonds is 5. The number of fused-ring (bicyclic) bond motifs is 1. The lowest BCUT2D eigenvalue weighted by Crippen LogP contribution is -2.47. The molecule has 2 atom stereocenters. The highest BCUT2D eigenvalue weighted by Gasteiger charge is 2.41. The molecular formula is C19H27N3O5S. The largest absolute Gasteiger partial charge is 0.479 e. The van der Waals surface area contributed by atoms with Gasteiger partial charge in [-0.05, 0) is 52.2 Å². The van der Waals surface area contributed by atoms with Gasteiger partial charge in [0.25, 0.3) is 5.91 Å². The Bertz CT molecular complexity index is 895. The molecule has 2 aliphatic rings. The molecule has 0 radical (unpaired) electrons. The number of sulfonamides is 1. The Kier molecular flexibility index (Phi) is 5.67. The van der Waals surface area contributed by atoms with Gasteiger partial charge in [-0.3, -0.25) is 9.59 Å². The summed E-state index contributed by atoms with van der Waals surface area (Å²) in [4.78, 5) is 26.4. The van der Waals surface area contributed by atoms with Crippen molar-refractivity contribution < 1.29 is 22.7 Å². The van der Waals surface area contributed by atoms with Crippen LogP contribution in [0.2, 0.25) is 0 Å². The van der Waals surface area contributed by atoms with Gasteiger partial charge in [0.05, 0.1) is 10.6 Å². The van der Waals surface area contributed by atoms with E-state index in [2.05, 4.69) is 5.32 Å². The molecule has 0 aliphatic carbocycles. The van der Waals surface area contributed by atoms with Crippen LogP contribution in [-0.2, 0) is 19.6 Å². The van der Waals surface area contributed by atoms with Gasteiger partial charge in [0.2, 0.25) is 15.9 Å². The van der Waals surface area contributed by atoms with Crippen molar-refractivity contribution in [1.29, 1.82) is 0 Å². The monoisotopic (exact) mass is 409 g/mol. The van der Waals surface area contributed by atoms with Crippen molar-refractivity contribution in [2.75, 3.05) is 25.0 Å². The summed E-state index contributed by atoms with van der Waals surface area (Å²) >= 11 is 0. The number of likely N-dealkylation sites (N-methyl/N-ethyl adjacent to an activating group) is 1. The molecule has 1 aromatic rings. The third-order valence-electron chi connectivity index (χ3n) is 5.36. The Morgan fingerprint density at radius 1 is 1.32 bits per heavy atom. The molecule has 3 rings (SSSR count). The number of nitrogens with zero attached hydrogens (tertiary/aromatic N) is 2. The van der Waals surface area contributed by atoms with Crippen LogP contribution >= 0.6 is 0 Å². The maximum absolute atomic E-state index is 13.4. The van der Waals surface area contributed by atoms with Gasteiger partial charge in [0.15, 0.2) is 6.10 Å². The Morgan fingerprint density at radius 2 is 2.00 bits per heavy atom. The van der Waals surface area contributed by atoms with Crippen LogP contribution in [0.15, 0.2) is 17.0 Å². The fourth-order valence-corrected chi connectivity index (χ4v) is 5.64. The van der Waals surface area contributed by atoms with Gasteiger partial charge >= 0.3 is 0 Å². The Hall–Kier alpha value is -2.13. The van der Waals surface area contributed by atoms with E-state index in [-0.39, 0.29) is 16.7 Å². The van der Waals surface area contributed by atoms with E-state index in [0.29, 0.717) is 49.5 Å². The Balaban J connectivity index is 1.97. The van der Waals surface area contributed by atoms with Crippen LogP contribution in [0.3, 0.4) is 0 Å². The smallest absolute Gasteiger partial charge is 0.265 e. The summed E-state index contributed by atoms with van der Waals surface area (Å²) in [6.45, 7) is 8.45. The number of carbonyl (C=O) groups excluding carboxylic acids is 2. The minimum absolute atomic E-state index is 0.105. The first-order valence-electron chi connectivity index (χ1n) is 9.63. The predicted molar refractivity (Wildman–Crippen MR) is 105 cm³/mol. The summed E-state index contributed by atoms with van der Waals surface area (Å²) in [5.74, 6) is -0.104. The lowest BCUT2D eigenvalue weighted by Gasteiger charge is -2.29. The van der Waals surface area contributed by atoms with Crippen LogP contribution < -0.4 is 10.1 Å². The molecule has 1 N–H and O–H groups in total. The zero-order chi connectivity index (χ0) is 20.6. The summed E-state index contributed by atoms with van der Waals surface area (Å²) in [5, 5.41) is 2.72. The van der Waals surface area contributed by atoms with Crippen LogP contribution in [0.1, 0.15) is 39.2 Å². The van der Waals surface area contributed by atoms with Gasteiger partial charge < -0.3 is 15.0 Å². The van der Waals surface area contributed by atoms with Crippen molar-refractivity contribution in [3.8, 4) is 5.75 Å². The number of benzene rings is 1. The Morgan fingerprint density at radius 3 is 2.64 bits per heavy atom. The number of hydrogen-bond acceptors (Lipinski definition) is 5. The molecule has 9 heteroatoms. The first-order chi connectivity index (χ1) is 13.2. The summed E-state index contributed by atoms with van der Waals surface area (Å²) in [6.07, 6.45) is 0.460. The highest BCUT2D eigenvalue weighted by molar-refractivity contribution is 7.89. The number of aryl methyl sites for hydroxylation is 1. The number of amides is 2. The van der Waals surface area contributed by atoms with E-state index in [1.807, 2.05) is 13.8 Å². The second kappa shape index (κ2) is 7.71. The van der Waals surface area contributed by atoms with E-state index in [9.17, 15) is 18.0 Å². The summed E-state index contributed by atoms with van der Waals surface area (Å²) in [5.41, 5.74) is 0.954. The number of anilines is 1. The van der Waals surface area contributed by atoms with Crippen molar-refractivity contribution in [2.24, 2.45) is 0 Å². The third kappa shape index (κ3) is 3.48. The molecule has 2 aliphatic heterocycles. The summed E-state index contributed by atoms with van der Waals surface area (Å²) in [7, 11) is -3.88. The van der Waals surface area contributed by atoms with E-state index >= 15 is 0 Å². The zero-order valence-corrected chi connectivity index (χ0v) is 17.5. The van der Waals surface area contributed by atoms with E-state index in [4.69, 9.17) is 4.74 Å². The van der Waals surface area contributed by atoms with Crippen molar-refractivity contribution in [1.82, 2.24) is 9.21 Å². The Labute approximate surface area is 165 Å². The predicted octanol–water partition coefficient (Wildman–Crippen LogP) is 1.74. The number of ether oxygens (including phenoxy) is 1. The zero-order valence-electron chi connectivity index (χ0n) is 16.7. The molecule has 0 aromatic heterocycles. The lowest BCUT2D eigenvalue weighted by molar-refractivity contribution is -0.134. The average molecular weight is 410 g/mol. The standard InChI is InChI=1S/C19H27N3O5S/c1-5-21(6-2)19(24)15-8-7-9-22(15)28(25,26)17-11-16-14(10-12(17)3)20-18(23)13(4)27-16/h10-11,13,15H,5-9H2,1-4H3,(H,20,23)/t13-,15+/m0/s1. The van der Waals surface area contributed by atoms with Gasteiger partial charge in [0, 0.05) is 25.7 Å². The minimum atomic E-state index is -3.88. The molecule has 2 amide bonds. The van der Waals surface area contributed by atoms with Gasteiger partial charge in [-0.1, -0.05) is 0 Å². The number of carbonyl (C=O) groups is 2. The van der Waals surface area contributed by atoms with E-state index in [1.54, 1.807) is 24.8 Å². The fraction of sp³-hybridized carbons (Fsp3) is 0.579. The average Bonchev–Trinajstić information content (AvgIpc) is 3.14. The normalized spacial score (nSPS) is 22.4. The molecule has 154 valence electrons. The topological polar surface area (TPSA) is 96.0 Å². The van der Waals surface area contributed by atoms with Crippen molar-refractivity contribution >= 4 is 27.5 Å². The van der Waals surface area contributed by atoms with Crippen LogP contribution in [0.25, 0.3) is 0 Å². The molecule has 1 aromatic carbocycles. The fourth-order valence-electron chi connectivity index (χ4n) is 3.77. The summed E-state index contributed by atoms with van der Waals surface area (Å²) < 4.78 is 33.7. The van der Waals surface area contributed by atoms with E-state index < -0.39 is 22.2 Å².